The van der Waals surface area contributed by atoms with Gasteiger partial charge in [0.25, 0.3) is 0 Å². The van der Waals surface area contributed by atoms with Gasteiger partial charge in [0.2, 0.25) is 11.8 Å². The first-order valence-electron chi connectivity index (χ1n) is 15.7. The van der Waals surface area contributed by atoms with E-state index in [4.69, 9.17) is 11.6 Å². The molecule has 3 aromatic carbocycles. The Morgan fingerprint density at radius 2 is 1.64 bits per heavy atom. The van der Waals surface area contributed by atoms with Gasteiger partial charge in [-0.3, -0.25) is 14.5 Å². The molecule has 3 heterocycles. The average molecular weight is 699 g/mol. The van der Waals surface area contributed by atoms with E-state index in [9.17, 15) is 9.59 Å². The van der Waals surface area contributed by atoms with Crippen molar-refractivity contribution in [3.63, 3.8) is 0 Å². The number of amides is 2. The van der Waals surface area contributed by atoms with Crippen LogP contribution < -0.4 is 10.2 Å². The number of anilines is 1. The molecular formula is C35H42Cl3N7O2. The average Bonchev–Trinajstić information content (AvgIpc) is 3.70. The van der Waals surface area contributed by atoms with Crippen LogP contribution in [0.15, 0.2) is 85.5 Å². The molecule has 2 aliphatic rings. The second kappa shape index (κ2) is 16.5. The summed E-state index contributed by atoms with van der Waals surface area (Å²) in [5, 5.41) is 8.05. The monoisotopic (exact) mass is 697 g/mol. The molecule has 4 aromatic rings. The van der Waals surface area contributed by atoms with E-state index < -0.39 is 6.04 Å². The van der Waals surface area contributed by atoms with Gasteiger partial charge in [0.05, 0.1) is 6.54 Å². The molecule has 2 amide bonds. The number of nitrogens with zero attached hydrogens (tertiary/aromatic N) is 6. The van der Waals surface area contributed by atoms with Crippen LogP contribution in [0.5, 0.6) is 0 Å². The number of carbonyl (C=O) groups is 2. The van der Waals surface area contributed by atoms with Crippen molar-refractivity contribution in [1.82, 2.24) is 29.9 Å². The van der Waals surface area contributed by atoms with Gasteiger partial charge in [0.15, 0.2) is 0 Å². The Morgan fingerprint density at radius 3 is 2.34 bits per heavy atom. The van der Waals surface area contributed by atoms with Crippen LogP contribution in [0.25, 0.3) is 0 Å². The molecule has 0 saturated carbocycles. The standard InChI is InChI=1S/C35H40ClN7O2.2ClH/c1-25(2)43-22-27-7-3-5-9-30(27)33(43)20-34(44)39-31(19-26-11-13-29(36)14-12-26)35(45)41-17-15-40(16-18-41)32-10-6-4-8-28(32)21-42-24-37-23-38-42;;/h3-14,23-25,31,33H,15-22H2,1-2H3,(H,39,44);2*1H/t31?,33-;;/m1../s1. The lowest BCUT2D eigenvalue weighted by Crippen LogP contribution is -2.56. The number of para-hydroxylation sites is 1. The summed E-state index contributed by atoms with van der Waals surface area (Å²) in [5.41, 5.74) is 5.70. The van der Waals surface area contributed by atoms with E-state index in [1.807, 2.05) is 52.0 Å². The predicted molar refractivity (Wildman–Crippen MR) is 190 cm³/mol. The zero-order valence-electron chi connectivity index (χ0n) is 26.7. The summed E-state index contributed by atoms with van der Waals surface area (Å²) in [4.78, 5) is 38.4. The Labute approximate surface area is 294 Å². The third-order valence-electron chi connectivity index (χ3n) is 8.92. The number of rotatable bonds is 10. The molecule has 47 heavy (non-hydrogen) atoms. The van der Waals surface area contributed by atoms with Gasteiger partial charge in [0.1, 0.15) is 18.7 Å². The molecule has 2 atom stereocenters. The number of nitrogens with one attached hydrogen (secondary N) is 1. The van der Waals surface area contributed by atoms with Crippen LogP contribution in [-0.4, -0.2) is 74.6 Å². The maximum absolute atomic E-state index is 14.1. The first-order valence-corrected chi connectivity index (χ1v) is 16.0. The molecule has 1 fully saturated rings. The Balaban J connectivity index is 0.00000250. The van der Waals surface area contributed by atoms with Crippen LogP contribution in [-0.2, 0) is 29.1 Å². The fraction of sp³-hybridized carbons (Fsp3) is 0.371. The van der Waals surface area contributed by atoms with Gasteiger partial charge in [-0.2, -0.15) is 5.10 Å². The molecule has 0 bridgehead atoms. The molecule has 250 valence electrons. The summed E-state index contributed by atoms with van der Waals surface area (Å²) in [6, 6.07) is 23.7. The second-order valence-electron chi connectivity index (χ2n) is 12.2. The molecule has 2 aliphatic heterocycles. The van der Waals surface area contributed by atoms with E-state index in [0.29, 0.717) is 56.6 Å². The maximum atomic E-state index is 14.1. The van der Waals surface area contributed by atoms with E-state index in [2.05, 4.69) is 69.4 Å². The van der Waals surface area contributed by atoms with E-state index in [-0.39, 0.29) is 42.7 Å². The molecule has 1 aromatic heterocycles. The van der Waals surface area contributed by atoms with Crippen molar-refractivity contribution in [3.8, 4) is 0 Å². The molecule has 0 radical (unpaired) electrons. The van der Waals surface area contributed by atoms with Crippen molar-refractivity contribution in [2.24, 2.45) is 0 Å². The molecule has 0 spiro atoms. The number of carbonyl (C=O) groups excluding carboxylic acids is 2. The lowest BCUT2D eigenvalue weighted by atomic mass is 10.0. The number of hydrogen-bond donors (Lipinski definition) is 1. The van der Waals surface area contributed by atoms with Crippen LogP contribution in [0.3, 0.4) is 0 Å². The van der Waals surface area contributed by atoms with E-state index in [1.165, 1.54) is 11.1 Å². The van der Waals surface area contributed by atoms with Crippen LogP contribution in [0.1, 0.15) is 48.6 Å². The summed E-state index contributed by atoms with van der Waals surface area (Å²) < 4.78 is 1.81. The highest BCUT2D eigenvalue weighted by atomic mass is 35.5. The molecule has 9 nitrogen and oxygen atoms in total. The highest BCUT2D eigenvalue weighted by molar-refractivity contribution is 6.30. The third kappa shape index (κ3) is 8.65. The van der Waals surface area contributed by atoms with Crippen LogP contribution in [0.2, 0.25) is 5.02 Å². The van der Waals surface area contributed by atoms with E-state index >= 15 is 0 Å². The van der Waals surface area contributed by atoms with Crippen LogP contribution >= 0.6 is 36.4 Å². The van der Waals surface area contributed by atoms with Crippen molar-refractivity contribution in [2.75, 3.05) is 31.1 Å². The van der Waals surface area contributed by atoms with Gasteiger partial charge in [-0.1, -0.05) is 66.2 Å². The Morgan fingerprint density at radius 1 is 0.936 bits per heavy atom. The van der Waals surface area contributed by atoms with Gasteiger partial charge >= 0.3 is 0 Å². The Hall–Kier alpha value is -3.63. The Bertz CT molecular complexity index is 1610. The number of hydrogen-bond acceptors (Lipinski definition) is 6. The minimum atomic E-state index is -0.672. The second-order valence-corrected chi connectivity index (χ2v) is 12.6. The minimum Gasteiger partial charge on any atom is -0.368 e. The summed E-state index contributed by atoms with van der Waals surface area (Å²) in [7, 11) is 0. The van der Waals surface area contributed by atoms with Gasteiger partial charge < -0.3 is 15.1 Å². The summed E-state index contributed by atoms with van der Waals surface area (Å²) in [6.07, 6.45) is 3.96. The van der Waals surface area contributed by atoms with Gasteiger partial charge in [0, 0.05) is 68.4 Å². The van der Waals surface area contributed by atoms with Crippen molar-refractivity contribution in [1.29, 1.82) is 0 Å². The lowest BCUT2D eigenvalue weighted by Gasteiger charge is -2.38. The summed E-state index contributed by atoms with van der Waals surface area (Å²) in [6.45, 7) is 8.32. The van der Waals surface area contributed by atoms with Gasteiger partial charge in [-0.25, -0.2) is 9.67 Å². The maximum Gasteiger partial charge on any atom is 0.245 e. The highest BCUT2D eigenvalue weighted by Crippen LogP contribution is 2.37. The van der Waals surface area contributed by atoms with Crippen molar-refractivity contribution >= 4 is 53.9 Å². The molecule has 1 N–H and O–H groups in total. The first kappa shape index (κ1) is 36.2. The smallest absolute Gasteiger partial charge is 0.245 e. The molecule has 6 rings (SSSR count). The minimum absolute atomic E-state index is 0. The number of benzene rings is 3. The quantitative estimate of drug-likeness (QED) is 0.234. The van der Waals surface area contributed by atoms with Crippen molar-refractivity contribution < 1.29 is 9.59 Å². The fourth-order valence-corrected chi connectivity index (χ4v) is 6.70. The number of aromatic nitrogens is 3. The van der Waals surface area contributed by atoms with E-state index in [1.54, 1.807) is 12.7 Å². The number of piperazine rings is 1. The number of halogens is 3. The summed E-state index contributed by atoms with van der Waals surface area (Å²) >= 11 is 6.15. The van der Waals surface area contributed by atoms with Gasteiger partial charge in [-0.15, -0.1) is 24.8 Å². The zero-order valence-corrected chi connectivity index (χ0v) is 29.1. The molecular weight excluding hydrogens is 657 g/mol. The van der Waals surface area contributed by atoms with E-state index in [0.717, 1.165) is 23.4 Å². The van der Waals surface area contributed by atoms with Crippen molar-refractivity contribution in [3.05, 3.63) is 113 Å². The van der Waals surface area contributed by atoms with Gasteiger partial charge in [-0.05, 0) is 54.3 Å². The molecule has 12 heteroatoms. The lowest BCUT2D eigenvalue weighted by molar-refractivity contribution is -0.137. The molecule has 1 saturated heterocycles. The predicted octanol–water partition coefficient (Wildman–Crippen LogP) is 5.55. The van der Waals surface area contributed by atoms with Crippen molar-refractivity contribution in [2.45, 2.75) is 57.9 Å². The number of fused-ring (bicyclic) bond motifs is 1. The Kier molecular flexibility index (Phi) is 12.7. The SMILES string of the molecule is CC(C)N1Cc2ccccc2[C@H]1CC(=O)NC(Cc1ccc(Cl)cc1)C(=O)N1CCN(c2ccccc2Cn2cncn2)CC1.Cl.Cl. The normalized spacial score (nSPS) is 16.6. The first-order chi connectivity index (χ1) is 21.9. The topological polar surface area (TPSA) is 86.6 Å². The third-order valence-corrected chi connectivity index (χ3v) is 9.17. The summed E-state index contributed by atoms with van der Waals surface area (Å²) in [5.74, 6) is -0.170. The fourth-order valence-electron chi connectivity index (χ4n) is 6.57. The van der Waals surface area contributed by atoms with Crippen LogP contribution in [0, 0.1) is 0 Å². The zero-order chi connectivity index (χ0) is 31.3. The highest BCUT2D eigenvalue weighted by Gasteiger charge is 2.35. The molecule has 0 aliphatic carbocycles. The van der Waals surface area contributed by atoms with Crippen LogP contribution in [0.4, 0.5) is 5.69 Å². The molecule has 1 unspecified atom stereocenters. The largest absolute Gasteiger partial charge is 0.368 e.